The molecule has 3 rings (SSSR count). The van der Waals surface area contributed by atoms with Crippen molar-refractivity contribution in [1.29, 1.82) is 0 Å². The molecule has 0 spiro atoms. The lowest BCUT2D eigenvalue weighted by Crippen LogP contribution is -2.39. The Morgan fingerprint density at radius 2 is 2.11 bits per heavy atom. The van der Waals surface area contributed by atoms with Crippen molar-refractivity contribution in [1.82, 2.24) is 5.32 Å². The second kappa shape index (κ2) is 4.56. The maximum atomic E-state index is 12.3. The van der Waals surface area contributed by atoms with Gasteiger partial charge in [-0.05, 0) is 43.9 Å². The minimum absolute atomic E-state index is 0.0186. The molecule has 3 nitrogen and oxygen atoms in total. The van der Waals surface area contributed by atoms with Crippen LogP contribution >= 0.6 is 11.6 Å². The summed E-state index contributed by atoms with van der Waals surface area (Å²) in [5, 5.41) is 4.06. The molecule has 1 atom stereocenters. The van der Waals surface area contributed by atoms with Gasteiger partial charge in [-0.1, -0.05) is 17.7 Å². The van der Waals surface area contributed by atoms with E-state index in [1.165, 1.54) is 12.8 Å². The molecule has 1 aromatic rings. The first-order valence-electron chi connectivity index (χ1n) is 6.49. The second-order valence-corrected chi connectivity index (χ2v) is 5.63. The maximum absolute atomic E-state index is 12.3. The Morgan fingerprint density at radius 3 is 2.78 bits per heavy atom. The lowest BCUT2D eigenvalue weighted by atomic mass is 10.2. The van der Waals surface area contributed by atoms with Crippen molar-refractivity contribution < 1.29 is 4.79 Å². The van der Waals surface area contributed by atoms with E-state index in [0.29, 0.717) is 11.1 Å². The molecule has 1 saturated heterocycles. The van der Waals surface area contributed by atoms with Gasteiger partial charge in [0, 0.05) is 12.6 Å². The van der Waals surface area contributed by atoms with Crippen LogP contribution in [-0.4, -0.2) is 24.5 Å². The van der Waals surface area contributed by atoms with Crippen LogP contribution in [0.5, 0.6) is 0 Å². The first-order valence-corrected chi connectivity index (χ1v) is 6.86. The van der Waals surface area contributed by atoms with Gasteiger partial charge in [-0.15, -0.1) is 0 Å². The van der Waals surface area contributed by atoms with E-state index >= 15 is 0 Å². The van der Waals surface area contributed by atoms with E-state index in [4.69, 9.17) is 11.6 Å². The van der Waals surface area contributed by atoms with Gasteiger partial charge in [0.05, 0.1) is 16.8 Å². The fourth-order valence-electron chi connectivity index (χ4n) is 2.44. The average molecular weight is 265 g/mol. The van der Waals surface area contributed by atoms with Crippen LogP contribution in [0.15, 0.2) is 18.2 Å². The van der Waals surface area contributed by atoms with Crippen molar-refractivity contribution in [3.05, 3.63) is 28.8 Å². The van der Waals surface area contributed by atoms with Gasteiger partial charge >= 0.3 is 0 Å². The van der Waals surface area contributed by atoms with E-state index in [9.17, 15) is 4.79 Å². The quantitative estimate of drug-likeness (QED) is 0.910. The fourth-order valence-corrected chi connectivity index (χ4v) is 2.78. The van der Waals surface area contributed by atoms with Crippen LogP contribution in [0.1, 0.15) is 24.8 Å². The highest BCUT2D eigenvalue weighted by atomic mass is 35.5. The molecule has 18 heavy (non-hydrogen) atoms. The Hall–Kier alpha value is -1.06. The number of halogens is 1. The Bertz CT molecular complexity index is 485. The van der Waals surface area contributed by atoms with E-state index in [-0.39, 0.29) is 11.9 Å². The van der Waals surface area contributed by atoms with Gasteiger partial charge in [-0.2, -0.15) is 0 Å². The highest BCUT2D eigenvalue weighted by molar-refractivity contribution is 6.34. The summed E-state index contributed by atoms with van der Waals surface area (Å²) >= 11 is 6.23. The molecule has 1 amide bonds. The molecule has 1 N–H and O–H groups in total. The first-order chi connectivity index (χ1) is 8.65. The minimum atomic E-state index is -0.0186. The van der Waals surface area contributed by atoms with Crippen LogP contribution in [0.2, 0.25) is 5.02 Å². The number of carbonyl (C=O) groups excluding carboxylic acids is 1. The topological polar surface area (TPSA) is 32.3 Å². The summed E-state index contributed by atoms with van der Waals surface area (Å²) in [6, 6.07) is 6.39. The Morgan fingerprint density at radius 1 is 1.33 bits per heavy atom. The molecule has 1 unspecified atom stereocenters. The number of nitrogens with zero attached hydrogens (tertiary/aromatic N) is 1. The lowest BCUT2D eigenvalue weighted by molar-refractivity contribution is -0.118. The Labute approximate surface area is 112 Å². The van der Waals surface area contributed by atoms with Gasteiger partial charge < -0.3 is 10.2 Å². The van der Waals surface area contributed by atoms with Gasteiger partial charge in [-0.25, -0.2) is 0 Å². The Balaban J connectivity index is 1.78. The molecular formula is C14H17ClN2O. The number of aryl methyl sites for hydroxylation is 1. The standard InChI is InChI=1S/C14H17ClN2O/c1-9-2-5-13(11(15)8-9)17-7-6-12(14(17)18)16-10-3-4-10/h2,5,8,10,12,16H,3-4,6-7H2,1H3. The van der Waals surface area contributed by atoms with Crippen molar-refractivity contribution in [3.8, 4) is 0 Å². The molecule has 96 valence electrons. The van der Waals surface area contributed by atoms with Crippen molar-refractivity contribution in [2.24, 2.45) is 0 Å². The van der Waals surface area contributed by atoms with E-state index in [1.807, 2.05) is 30.0 Å². The summed E-state index contributed by atoms with van der Waals surface area (Å²) in [5.74, 6) is 0.160. The number of anilines is 1. The van der Waals surface area contributed by atoms with Gasteiger partial charge in [0.15, 0.2) is 0 Å². The third kappa shape index (κ3) is 2.25. The first kappa shape index (κ1) is 12.0. The van der Waals surface area contributed by atoms with E-state index < -0.39 is 0 Å². The number of rotatable bonds is 3. The number of hydrogen-bond donors (Lipinski definition) is 1. The molecule has 2 aliphatic rings. The smallest absolute Gasteiger partial charge is 0.244 e. The highest BCUT2D eigenvalue weighted by Gasteiger charge is 2.36. The van der Waals surface area contributed by atoms with Crippen LogP contribution < -0.4 is 10.2 Å². The van der Waals surface area contributed by atoms with Crippen LogP contribution in [0, 0.1) is 6.92 Å². The largest absolute Gasteiger partial charge is 0.310 e. The molecule has 1 saturated carbocycles. The van der Waals surface area contributed by atoms with Crippen molar-refractivity contribution in [2.45, 2.75) is 38.3 Å². The molecule has 0 bridgehead atoms. The van der Waals surface area contributed by atoms with Crippen molar-refractivity contribution in [2.75, 3.05) is 11.4 Å². The number of amides is 1. The third-order valence-electron chi connectivity index (χ3n) is 3.61. The monoisotopic (exact) mass is 264 g/mol. The molecule has 2 fully saturated rings. The molecular weight excluding hydrogens is 248 g/mol. The maximum Gasteiger partial charge on any atom is 0.244 e. The summed E-state index contributed by atoms with van der Waals surface area (Å²) < 4.78 is 0. The number of nitrogens with one attached hydrogen (secondary N) is 1. The van der Waals surface area contributed by atoms with E-state index in [1.54, 1.807) is 0 Å². The van der Waals surface area contributed by atoms with Gasteiger partial charge in [0.25, 0.3) is 0 Å². The van der Waals surface area contributed by atoms with Gasteiger partial charge in [-0.3, -0.25) is 4.79 Å². The van der Waals surface area contributed by atoms with Crippen molar-refractivity contribution in [3.63, 3.8) is 0 Å². The molecule has 1 heterocycles. The predicted octanol–water partition coefficient (Wildman–Crippen LogP) is 2.51. The third-order valence-corrected chi connectivity index (χ3v) is 3.92. The lowest BCUT2D eigenvalue weighted by Gasteiger charge is -2.19. The van der Waals surface area contributed by atoms with Crippen LogP contribution in [0.25, 0.3) is 0 Å². The zero-order valence-electron chi connectivity index (χ0n) is 10.4. The zero-order valence-corrected chi connectivity index (χ0v) is 11.2. The van der Waals surface area contributed by atoms with E-state index in [2.05, 4.69) is 5.32 Å². The minimum Gasteiger partial charge on any atom is -0.310 e. The van der Waals surface area contributed by atoms with Crippen LogP contribution in [0.3, 0.4) is 0 Å². The van der Waals surface area contributed by atoms with Gasteiger partial charge in [0.2, 0.25) is 5.91 Å². The summed E-state index contributed by atoms with van der Waals surface area (Å²) in [6.07, 6.45) is 3.28. The SMILES string of the molecule is Cc1ccc(N2CCC(NC3CC3)C2=O)c(Cl)c1. The molecule has 0 aromatic heterocycles. The molecule has 1 aliphatic carbocycles. The zero-order chi connectivity index (χ0) is 12.7. The summed E-state index contributed by atoms with van der Waals surface area (Å²) in [7, 11) is 0. The molecule has 1 aromatic carbocycles. The second-order valence-electron chi connectivity index (χ2n) is 5.23. The molecule has 0 radical (unpaired) electrons. The van der Waals surface area contributed by atoms with Crippen LogP contribution in [-0.2, 0) is 4.79 Å². The fraction of sp³-hybridized carbons (Fsp3) is 0.500. The summed E-state index contributed by atoms with van der Waals surface area (Å²) in [4.78, 5) is 14.1. The average Bonchev–Trinajstić information content (AvgIpc) is 3.07. The Kier molecular flexibility index (Phi) is 3.04. The molecule has 4 heteroatoms. The number of hydrogen-bond acceptors (Lipinski definition) is 2. The normalized spacial score (nSPS) is 23.8. The number of carbonyl (C=O) groups is 1. The van der Waals surface area contributed by atoms with Crippen LogP contribution in [0.4, 0.5) is 5.69 Å². The summed E-state index contributed by atoms with van der Waals surface area (Å²) in [6.45, 7) is 2.75. The van der Waals surface area contributed by atoms with Crippen molar-refractivity contribution >= 4 is 23.2 Å². The van der Waals surface area contributed by atoms with Gasteiger partial charge in [0.1, 0.15) is 0 Å². The van der Waals surface area contributed by atoms with E-state index in [0.717, 1.165) is 24.2 Å². The predicted molar refractivity (Wildman–Crippen MR) is 73.1 cm³/mol. The summed E-state index contributed by atoms with van der Waals surface area (Å²) in [5.41, 5.74) is 1.95. The number of benzene rings is 1. The highest BCUT2D eigenvalue weighted by Crippen LogP contribution is 2.31. The molecule has 1 aliphatic heterocycles.